The predicted octanol–water partition coefficient (Wildman–Crippen LogP) is 3.45. The van der Waals surface area contributed by atoms with E-state index in [1.54, 1.807) is 19.9 Å². The third-order valence-corrected chi connectivity index (χ3v) is 2.26. The minimum Gasteiger partial charge on any atom is -0.463 e. The highest BCUT2D eigenvalue weighted by molar-refractivity contribution is 6.32. The molecule has 0 aliphatic rings. The molecular weight excluding hydrogens is 231 g/mol. The Morgan fingerprint density at radius 1 is 1.56 bits per heavy atom. The lowest BCUT2D eigenvalue weighted by molar-refractivity contribution is -0.138. The summed E-state index contributed by atoms with van der Waals surface area (Å²) in [5.41, 5.74) is 1.02. The van der Waals surface area contributed by atoms with Crippen LogP contribution in [-0.4, -0.2) is 12.6 Å². The number of benzene rings is 1. The standard InChI is InChI=1S/C12H12ClFO2/c1-3-16-12(15)8(2)6-9-4-5-10(14)7-11(9)13/h4-7H,3H2,1-2H3/b8-6+. The first-order chi connectivity index (χ1) is 7.54. The molecule has 1 rings (SSSR count). The Kier molecular flexibility index (Phi) is 4.50. The molecule has 0 heterocycles. The number of carbonyl (C=O) groups excluding carboxylic acids is 1. The summed E-state index contributed by atoms with van der Waals surface area (Å²) in [4.78, 5) is 11.3. The number of hydrogen-bond acceptors (Lipinski definition) is 2. The molecule has 0 radical (unpaired) electrons. The van der Waals surface area contributed by atoms with Gasteiger partial charge in [0.1, 0.15) is 5.82 Å². The molecule has 1 aromatic carbocycles. The van der Waals surface area contributed by atoms with E-state index >= 15 is 0 Å². The van der Waals surface area contributed by atoms with E-state index < -0.39 is 11.8 Å². The molecular formula is C12H12ClFO2. The molecule has 0 aromatic heterocycles. The fraction of sp³-hybridized carbons (Fsp3) is 0.250. The van der Waals surface area contributed by atoms with Gasteiger partial charge in [-0.25, -0.2) is 9.18 Å². The highest BCUT2D eigenvalue weighted by atomic mass is 35.5. The molecule has 0 spiro atoms. The van der Waals surface area contributed by atoms with E-state index in [0.717, 1.165) is 0 Å². The molecule has 0 N–H and O–H groups in total. The summed E-state index contributed by atoms with van der Waals surface area (Å²) in [7, 11) is 0. The van der Waals surface area contributed by atoms with E-state index in [4.69, 9.17) is 16.3 Å². The van der Waals surface area contributed by atoms with Crippen molar-refractivity contribution in [1.29, 1.82) is 0 Å². The summed E-state index contributed by atoms with van der Waals surface area (Å²) in [5.74, 6) is -0.807. The summed E-state index contributed by atoms with van der Waals surface area (Å²) in [6.45, 7) is 3.68. The summed E-state index contributed by atoms with van der Waals surface area (Å²) in [6, 6.07) is 4.00. The van der Waals surface area contributed by atoms with Gasteiger partial charge < -0.3 is 4.74 Å². The molecule has 16 heavy (non-hydrogen) atoms. The zero-order valence-electron chi connectivity index (χ0n) is 9.09. The molecule has 1 aromatic rings. The van der Waals surface area contributed by atoms with Crippen molar-refractivity contribution in [2.75, 3.05) is 6.61 Å². The lowest BCUT2D eigenvalue weighted by atomic mass is 10.1. The van der Waals surface area contributed by atoms with Gasteiger partial charge in [-0.05, 0) is 37.6 Å². The second-order valence-electron chi connectivity index (χ2n) is 3.21. The number of ether oxygens (including phenoxy) is 1. The molecule has 0 aliphatic heterocycles. The maximum absolute atomic E-state index is 12.8. The van der Waals surface area contributed by atoms with Gasteiger partial charge in [0.15, 0.2) is 0 Å². The van der Waals surface area contributed by atoms with Crippen molar-refractivity contribution in [3.8, 4) is 0 Å². The van der Waals surface area contributed by atoms with Gasteiger partial charge in [0.25, 0.3) is 0 Å². The van der Waals surface area contributed by atoms with Crippen LogP contribution in [0.15, 0.2) is 23.8 Å². The lowest BCUT2D eigenvalue weighted by Crippen LogP contribution is -2.04. The third-order valence-electron chi connectivity index (χ3n) is 1.93. The molecule has 86 valence electrons. The van der Waals surface area contributed by atoms with Gasteiger partial charge in [0, 0.05) is 5.57 Å². The number of esters is 1. The molecule has 0 saturated carbocycles. The van der Waals surface area contributed by atoms with Crippen LogP contribution in [-0.2, 0) is 9.53 Å². The smallest absolute Gasteiger partial charge is 0.333 e. The maximum atomic E-state index is 12.8. The molecule has 0 aliphatic carbocycles. The number of hydrogen-bond donors (Lipinski definition) is 0. The minimum atomic E-state index is -0.407. The van der Waals surface area contributed by atoms with Crippen LogP contribution in [0.1, 0.15) is 19.4 Å². The van der Waals surface area contributed by atoms with E-state index in [1.807, 2.05) is 0 Å². The van der Waals surface area contributed by atoms with Crippen LogP contribution >= 0.6 is 11.6 Å². The van der Waals surface area contributed by atoms with E-state index in [9.17, 15) is 9.18 Å². The van der Waals surface area contributed by atoms with Gasteiger partial charge in [-0.3, -0.25) is 0 Å². The minimum absolute atomic E-state index is 0.267. The first-order valence-corrected chi connectivity index (χ1v) is 5.23. The van der Waals surface area contributed by atoms with Crippen LogP contribution in [0.4, 0.5) is 4.39 Å². The van der Waals surface area contributed by atoms with Crippen LogP contribution in [0.3, 0.4) is 0 Å². The summed E-state index contributed by atoms with van der Waals surface area (Å²) >= 11 is 5.82. The number of carbonyl (C=O) groups is 1. The summed E-state index contributed by atoms with van der Waals surface area (Å²) in [6.07, 6.45) is 1.57. The van der Waals surface area contributed by atoms with Crippen molar-refractivity contribution in [1.82, 2.24) is 0 Å². The van der Waals surface area contributed by atoms with Gasteiger partial charge in [-0.1, -0.05) is 17.7 Å². The van der Waals surface area contributed by atoms with Crippen molar-refractivity contribution in [3.05, 3.63) is 40.2 Å². The van der Waals surface area contributed by atoms with E-state index in [-0.39, 0.29) is 5.02 Å². The molecule has 0 unspecified atom stereocenters. The maximum Gasteiger partial charge on any atom is 0.333 e. The SMILES string of the molecule is CCOC(=O)/C(C)=C/c1ccc(F)cc1Cl. The Morgan fingerprint density at radius 2 is 2.25 bits per heavy atom. The van der Waals surface area contributed by atoms with Crippen molar-refractivity contribution in [3.63, 3.8) is 0 Å². The van der Waals surface area contributed by atoms with Crippen LogP contribution in [0, 0.1) is 5.82 Å². The van der Waals surface area contributed by atoms with Crippen LogP contribution in [0.5, 0.6) is 0 Å². The van der Waals surface area contributed by atoms with E-state index in [0.29, 0.717) is 17.7 Å². The van der Waals surface area contributed by atoms with E-state index in [1.165, 1.54) is 18.2 Å². The Morgan fingerprint density at radius 3 is 2.81 bits per heavy atom. The average Bonchev–Trinajstić information content (AvgIpc) is 2.22. The molecule has 0 atom stereocenters. The monoisotopic (exact) mass is 242 g/mol. The largest absolute Gasteiger partial charge is 0.463 e. The predicted molar refractivity (Wildman–Crippen MR) is 61.7 cm³/mol. The Bertz CT molecular complexity index is 427. The second-order valence-corrected chi connectivity index (χ2v) is 3.62. The fourth-order valence-electron chi connectivity index (χ4n) is 1.16. The number of rotatable bonds is 3. The molecule has 0 fully saturated rings. The summed E-state index contributed by atoms with van der Waals surface area (Å²) in [5, 5.41) is 0.267. The van der Waals surface area contributed by atoms with Crippen LogP contribution in [0.2, 0.25) is 5.02 Å². The van der Waals surface area contributed by atoms with Crippen molar-refractivity contribution >= 4 is 23.6 Å². The Labute approximate surface area is 98.7 Å². The zero-order valence-corrected chi connectivity index (χ0v) is 9.84. The Hall–Kier alpha value is -1.35. The van der Waals surface area contributed by atoms with Gasteiger partial charge in [-0.2, -0.15) is 0 Å². The van der Waals surface area contributed by atoms with Crippen molar-refractivity contribution in [2.45, 2.75) is 13.8 Å². The Balaban J connectivity index is 2.94. The van der Waals surface area contributed by atoms with Gasteiger partial charge in [0.05, 0.1) is 11.6 Å². The van der Waals surface area contributed by atoms with Crippen molar-refractivity contribution in [2.24, 2.45) is 0 Å². The number of halogens is 2. The topological polar surface area (TPSA) is 26.3 Å². The quantitative estimate of drug-likeness (QED) is 0.600. The molecule has 2 nitrogen and oxygen atoms in total. The van der Waals surface area contributed by atoms with Gasteiger partial charge in [0.2, 0.25) is 0 Å². The molecule has 0 amide bonds. The zero-order chi connectivity index (χ0) is 12.1. The fourth-order valence-corrected chi connectivity index (χ4v) is 1.38. The molecule has 4 heteroatoms. The van der Waals surface area contributed by atoms with Gasteiger partial charge >= 0.3 is 5.97 Å². The van der Waals surface area contributed by atoms with Crippen LogP contribution < -0.4 is 0 Å². The normalized spacial score (nSPS) is 11.4. The lowest BCUT2D eigenvalue weighted by Gasteiger charge is -2.03. The van der Waals surface area contributed by atoms with E-state index in [2.05, 4.69) is 0 Å². The van der Waals surface area contributed by atoms with Gasteiger partial charge in [-0.15, -0.1) is 0 Å². The highest BCUT2D eigenvalue weighted by Gasteiger charge is 2.06. The van der Waals surface area contributed by atoms with Crippen molar-refractivity contribution < 1.29 is 13.9 Å². The summed E-state index contributed by atoms with van der Waals surface area (Å²) < 4.78 is 17.6. The van der Waals surface area contributed by atoms with Crippen LogP contribution in [0.25, 0.3) is 6.08 Å². The second kappa shape index (κ2) is 5.66. The first kappa shape index (κ1) is 12.7. The first-order valence-electron chi connectivity index (χ1n) is 4.85. The third kappa shape index (κ3) is 3.35. The molecule has 0 bridgehead atoms. The highest BCUT2D eigenvalue weighted by Crippen LogP contribution is 2.20. The molecule has 0 saturated heterocycles. The average molecular weight is 243 g/mol.